The van der Waals surface area contributed by atoms with Crippen molar-refractivity contribution in [3.63, 3.8) is 0 Å². The molecule has 0 heterocycles. The van der Waals surface area contributed by atoms with Crippen molar-refractivity contribution in [3.8, 4) is 5.75 Å². The Morgan fingerprint density at radius 1 is 1.00 bits per heavy atom. The highest BCUT2D eigenvalue weighted by molar-refractivity contribution is 6.33. The van der Waals surface area contributed by atoms with E-state index in [-0.39, 0.29) is 11.7 Å². The molecule has 5 heteroatoms. The molecule has 2 N–H and O–H groups in total. The van der Waals surface area contributed by atoms with Crippen LogP contribution in [0.2, 0.25) is 5.02 Å². The summed E-state index contributed by atoms with van der Waals surface area (Å²) >= 11 is 6.06. The van der Waals surface area contributed by atoms with Crippen LogP contribution in [0.25, 0.3) is 0 Å². The average Bonchev–Trinajstić information content (AvgIpc) is 2.62. The Morgan fingerprint density at radius 2 is 1.76 bits per heavy atom. The molecule has 0 bridgehead atoms. The second-order valence-electron chi connectivity index (χ2n) is 5.30. The van der Waals surface area contributed by atoms with Crippen molar-refractivity contribution in [2.24, 2.45) is 4.99 Å². The fraction of sp³-hybridized carbons (Fsp3) is 0. The number of rotatable bonds is 4. The molecule has 0 aliphatic rings. The number of carbonyl (C=O) groups is 1. The second kappa shape index (κ2) is 7.64. The first kappa shape index (κ1) is 16.7. The molecule has 124 valence electrons. The minimum Gasteiger partial charge on any atom is -0.507 e. The standard InChI is InChI=1S/C20H15ClN2O2/c21-18-10-5-11-19(24)17(18)13-22-15-8-4-9-16(12-15)23-20(25)14-6-2-1-3-7-14/h1-13,24H,(H,23,25). The van der Waals surface area contributed by atoms with Crippen LogP contribution in [-0.4, -0.2) is 17.2 Å². The van der Waals surface area contributed by atoms with Crippen LogP contribution >= 0.6 is 11.6 Å². The van der Waals surface area contributed by atoms with Gasteiger partial charge in [0.2, 0.25) is 0 Å². The number of anilines is 1. The summed E-state index contributed by atoms with van der Waals surface area (Å²) in [6.45, 7) is 0. The molecular formula is C20H15ClN2O2. The summed E-state index contributed by atoms with van der Waals surface area (Å²) in [5.41, 5.74) is 2.29. The zero-order valence-electron chi connectivity index (χ0n) is 13.2. The summed E-state index contributed by atoms with van der Waals surface area (Å²) in [5, 5.41) is 13.1. The molecule has 4 nitrogen and oxygen atoms in total. The predicted octanol–water partition coefficient (Wildman–Crippen LogP) is 5.05. The number of nitrogens with one attached hydrogen (secondary N) is 1. The predicted molar refractivity (Wildman–Crippen MR) is 101 cm³/mol. The molecule has 0 aliphatic carbocycles. The van der Waals surface area contributed by atoms with Gasteiger partial charge in [0.15, 0.2) is 0 Å². The Hall–Kier alpha value is -3.11. The van der Waals surface area contributed by atoms with Crippen molar-refractivity contribution in [2.45, 2.75) is 0 Å². The average molecular weight is 351 g/mol. The summed E-state index contributed by atoms with van der Waals surface area (Å²) in [5.74, 6) is -0.129. The highest BCUT2D eigenvalue weighted by Gasteiger charge is 2.06. The van der Waals surface area contributed by atoms with Crippen LogP contribution in [0.4, 0.5) is 11.4 Å². The van der Waals surface area contributed by atoms with Gasteiger partial charge in [0.05, 0.1) is 16.3 Å². The fourth-order valence-electron chi connectivity index (χ4n) is 2.25. The van der Waals surface area contributed by atoms with Gasteiger partial charge in [0.25, 0.3) is 5.91 Å². The number of aliphatic imine (C=N–C) groups is 1. The largest absolute Gasteiger partial charge is 0.507 e. The van der Waals surface area contributed by atoms with Gasteiger partial charge in [-0.2, -0.15) is 0 Å². The van der Waals surface area contributed by atoms with E-state index in [2.05, 4.69) is 10.3 Å². The van der Waals surface area contributed by atoms with E-state index in [1.54, 1.807) is 54.6 Å². The maximum Gasteiger partial charge on any atom is 0.255 e. The molecule has 0 unspecified atom stereocenters. The third kappa shape index (κ3) is 4.25. The van der Waals surface area contributed by atoms with E-state index in [4.69, 9.17) is 11.6 Å². The van der Waals surface area contributed by atoms with Crippen LogP contribution in [0.3, 0.4) is 0 Å². The van der Waals surface area contributed by atoms with Gasteiger partial charge in [-0.25, -0.2) is 0 Å². The highest BCUT2D eigenvalue weighted by atomic mass is 35.5. The normalized spacial score (nSPS) is 10.8. The highest BCUT2D eigenvalue weighted by Crippen LogP contribution is 2.25. The molecule has 3 aromatic rings. The number of nitrogens with zero attached hydrogens (tertiary/aromatic N) is 1. The number of halogens is 1. The van der Waals surface area contributed by atoms with Crippen LogP contribution in [0.1, 0.15) is 15.9 Å². The fourth-order valence-corrected chi connectivity index (χ4v) is 2.47. The lowest BCUT2D eigenvalue weighted by molar-refractivity contribution is 0.102. The second-order valence-corrected chi connectivity index (χ2v) is 5.71. The lowest BCUT2D eigenvalue weighted by Gasteiger charge is -2.06. The quantitative estimate of drug-likeness (QED) is 0.647. The Kier molecular flexibility index (Phi) is 5.11. The number of carbonyl (C=O) groups excluding carboxylic acids is 1. The molecule has 0 fully saturated rings. The molecule has 25 heavy (non-hydrogen) atoms. The van der Waals surface area contributed by atoms with Crippen LogP contribution < -0.4 is 5.32 Å². The molecule has 3 aromatic carbocycles. The van der Waals surface area contributed by atoms with Gasteiger partial charge in [-0.15, -0.1) is 0 Å². The van der Waals surface area contributed by atoms with Crippen molar-refractivity contribution in [1.29, 1.82) is 0 Å². The summed E-state index contributed by atoms with van der Waals surface area (Å²) in [6.07, 6.45) is 1.50. The Balaban J connectivity index is 1.78. The van der Waals surface area contributed by atoms with Gasteiger partial charge in [0, 0.05) is 17.5 Å². The Bertz CT molecular complexity index is 904. The van der Waals surface area contributed by atoms with Gasteiger partial charge in [0.1, 0.15) is 5.75 Å². The monoisotopic (exact) mass is 350 g/mol. The number of benzene rings is 3. The minimum absolute atomic E-state index is 0.0600. The van der Waals surface area contributed by atoms with Crippen LogP contribution in [0, 0.1) is 0 Å². The lowest BCUT2D eigenvalue weighted by atomic mass is 10.2. The molecule has 1 amide bonds. The number of aromatic hydroxyl groups is 1. The van der Waals surface area contributed by atoms with Crippen molar-refractivity contribution in [3.05, 3.63) is 88.9 Å². The van der Waals surface area contributed by atoms with E-state index in [1.165, 1.54) is 6.21 Å². The van der Waals surface area contributed by atoms with Gasteiger partial charge >= 0.3 is 0 Å². The minimum atomic E-state index is -0.189. The topological polar surface area (TPSA) is 61.7 Å². The summed E-state index contributed by atoms with van der Waals surface area (Å²) in [6, 6.07) is 21.0. The van der Waals surface area contributed by atoms with Crippen molar-refractivity contribution >= 4 is 35.1 Å². The van der Waals surface area contributed by atoms with E-state index in [0.29, 0.717) is 27.5 Å². The molecular weight excluding hydrogens is 336 g/mol. The molecule has 0 aromatic heterocycles. The summed E-state index contributed by atoms with van der Waals surface area (Å²) in [4.78, 5) is 16.5. The SMILES string of the molecule is O=C(Nc1cccc(N=Cc2c(O)cccc2Cl)c1)c1ccccc1. The Morgan fingerprint density at radius 3 is 2.52 bits per heavy atom. The van der Waals surface area contributed by atoms with Crippen LogP contribution in [0.5, 0.6) is 5.75 Å². The molecule has 0 spiro atoms. The van der Waals surface area contributed by atoms with E-state index in [1.807, 2.05) is 18.2 Å². The number of phenolic OH excluding ortho intramolecular Hbond substituents is 1. The number of amides is 1. The van der Waals surface area contributed by atoms with Gasteiger partial charge < -0.3 is 10.4 Å². The maximum absolute atomic E-state index is 12.2. The van der Waals surface area contributed by atoms with Crippen LogP contribution in [0.15, 0.2) is 77.8 Å². The van der Waals surface area contributed by atoms with Crippen molar-refractivity contribution in [1.82, 2.24) is 0 Å². The zero-order chi connectivity index (χ0) is 17.6. The molecule has 0 atom stereocenters. The van der Waals surface area contributed by atoms with Crippen molar-refractivity contribution < 1.29 is 9.90 Å². The van der Waals surface area contributed by atoms with E-state index in [9.17, 15) is 9.90 Å². The third-order valence-corrected chi connectivity index (χ3v) is 3.84. The number of hydrogen-bond donors (Lipinski definition) is 2. The molecule has 0 saturated carbocycles. The summed E-state index contributed by atoms with van der Waals surface area (Å²) in [7, 11) is 0. The molecule has 0 aliphatic heterocycles. The van der Waals surface area contributed by atoms with E-state index < -0.39 is 0 Å². The van der Waals surface area contributed by atoms with Gasteiger partial charge in [-0.05, 0) is 42.5 Å². The first-order valence-electron chi connectivity index (χ1n) is 7.61. The first-order valence-corrected chi connectivity index (χ1v) is 7.99. The maximum atomic E-state index is 12.2. The zero-order valence-corrected chi connectivity index (χ0v) is 13.9. The molecule has 3 rings (SSSR count). The lowest BCUT2D eigenvalue weighted by Crippen LogP contribution is -2.11. The van der Waals surface area contributed by atoms with Crippen LogP contribution in [-0.2, 0) is 0 Å². The van der Waals surface area contributed by atoms with E-state index in [0.717, 1.165) is 0 Å². The number of phenols is 1. The Labute approximate surface area is 150 Å². The number of hydrogen-bond acceptors (Lipinski definition) is 3. The van der Waals surface area contributed by atoms with Crippen molar-refractivity contribution in [2.75, 3.05) is 5.32 Å². The molecule has 0 saturated heterocycles. The van der Waals surface area contributed by atoms with Gasteiger partial charge in [-0.3, -0.25) is 9.79 Å². The third-order valence-electron chi connectivity index (χ3n) is 3.51. The van der Waals surface area contributed by atoms with E-state index >= 15 is 0 Å². The first-order chi connectivity index (χ1) is 12.1. The van der Waals surface area contributed by atoms with Gasteiger partial charge in [-0.1, -0.05) is 41.9 Å². The smallest absolute Gasteiger partial charge is 0.255 e. The molecule has 0 radical (unpaired) electrons. The summed E-state index contributed by atoms with van der Waals surface area (Å²) < 4.78 is 0.